The number of benzene rings is 1. The van der Waals surface area contributed by atoms with Gasteiger partial charge in [0.25, 0.3) is 0 Å². The molecular formula is C20H28N6O2. The zero-order valence-electron chi connectivity index (χ0n) is 16.6. The fourth-order valence-electron chi connectivity index (χ4n) is 3.21. The Morgan fingerprint density at radius 3 is 2.93 bits per heavy atom. The number of methoxy groups -OCH3 is 1. The number of aromatic nitrogens is 2. The molecule has 0 radical (unpaired) electrons. The Labute approximate surface area is 165 Å². The van der Waals surface area contributed by atoms with Crippen LogP contribution in [0.5, 0.6) is 5.75 Å². The van der Waals surface area contributed by atoms with E-state index < -0.39 is 6.10 Å². The maximum atomic E-state index is 9.43. The molecule has 28 heavy (non-hydrogen) atoms. The van der Waals surface area contributed by atoms with E-state index in [1.54, 1.807) is 20.2 Å². The van der Waals surface area contributed by atoms with Gasteiger partial charge in [0.05, 0.1) is 24.5 Å². The topological polar surface area (TPSA) is 106 Å². The molecule has 1 atom stereocenters. The van der Waals surface area contributed by atoms with Gasteiger partial charge in [-0.05, 0) is 50.1 Å². The van der Waals surface area contributed by atoms with Crippen molar-refractivity contribution in [2.45, 2.75) is 32.4 Å². The first-order valence-corrected chi connectivity index (χ1v) is 9.45. The van der Waals surface area contributed by atoms with Crippen LogP contribution in [-0.2, 0) is 13.0 Å². The van der Waals surface area contributed by atoms with Crippen LogP contribution in [0.2, 0.25) is 0 Å². The first kappa shape index (κ1) is 20.0. The smallest absolute Gasteiger partial charge is 0.229 e. The lowest BCUT2D eigenvalue weighted by Crippen LogP contribution is -2.26. The lowest BCUT2D eigenvalue weighted by atomic mass is 9.99. The largest absolute Gasteiger partial charge is 0.495 e. The van der Waals surface area contributed by atoms with Crippen LogP contribution in [0.3, 0.4) is 0 Å². The van der Waals surface area contributed by atoms with E-state index >= 15 is 0 Å². The molecule has 0 spiro atoms. The molecule has 0 amide bonds. The van der Waals surface area contributed by atoms with E-state index in [1.165, 1.54) is 17.3 Å². The van der Waals surface area contributed by atoms with E-state index in [2.05, 4.69) is 44.7 Å². The summed E-state index contributed by atoms with van der Waals surface area (Å²) in [6, 6.07) is 4.18. The second-order valence-corrected chi connectivity index (χ2v) is 7.14. The van der Waals surface area contributed by atoms with Crippen LogP contribution in [0.25, 0.3) is 0 Å². The summed E-state index contributed by atoms with van der Waals surface area (Å²) >= 11 is 0. The molecule has 8 nitrogen and oxygen atoms in total. The van der Waals surface area contributed by atoms with Gasteiger partial charge in [-0.15, -0.1) is 0 Å². The van der Waals surface area contributed by atoms with Crippen molar-refractivity contribution in [3.8, 4) is 5.75 Å². The van der Waals surface area contributed by atoms with Gasteiger partial charge in [0, 0.05) is 32.0 Å². The third-order valence-electron chi connectivity index (χ3n) is 4.80. The highest BCUT2D eigenvalue weighted by atomic mass is 16.5. The highest BCUT2D eigenvalue weighted by molar-refractivity contribution is 5.84. The Bertz CT molecular complexity index is 840. The summed E-state index contributed by atoms with van der Waals surface area (Å²) in [7, 11) is 3.77. The van der Waals surface area contributed by atoms with Crippen LogP contribution in [0.15, 0.2) is 18.3 Å². The monoisotopic (exact) mass is 384 g/mol. The summed E-state index contributed by atoms with van der Waals surface area (Å²) in [5.41, 5.74) is 3.98. The molecule has 4 N–H and O–H groups in total. The molecule has 0 aliphatic carbocycles. The number of hydrogen-bond acceptors (Lipinski definition) is 8. The minimum absolute atomic E-state index is 0.395. The number of ether oxygens (including phenoxy) is 1. The van der Waals surface area contributed by atoms with Gasteiger partial charge in [-0.3, -0.25) is 0 Å². The first-order chi connectivity index (χ1) is 13.5. The van der Waals surface area contributed by atoms with Crippen molar-refractivity contribution in [2.75, 3.05) is 37.9 Å². The molecule has 0 bridgehead atoms. The normalized spacial score (nSPS) is 14.9. The summed E-state index contributed by atoms with van der Waals surface area (Å²) in [5.74, 6) is 1.74. The van der Waals surface area contributed by atoms with Crippen LogP contribution < -0.4 is 15.4 Å². The Morgan fingerprint density at radius 1 is 1.39 bits per heavy atom. The van der Waals surface area contributed by atoms with E-state index in [-0.39, 0.29) is 0 Å². The Hall–Kier alpha value is -2.71. The number of nitrogens with one attached hydrogen (secondary N) is 3. The number of likely N-dealkylation sites (N-methyl/N-ethyl adjacent to an activating group) is 1. The van der Waals surface area contributed by atoms with Crippen molar-refractivity contribution in [3.63, 3.8) is 0 Å². The van der Waals surface area contributed by atoms with Crippen LogP contribution in [0, 0.1) is 5.41 Å². The number of nitrogens with zero attached hydrogens (tertiary/aromatic N) is 3. The SMILES string of the molecule is COc1cc2c(cc1Nc1ncc(C=N)c(NCCC(C)O)n1)CN(C)CC2. The molecule has 1 unspecified atom stereocenters. The minimum atomic E-state index is -0.395. The van der Waals surface area contributed by atoms with E-state index in [1.807, 2.05) is 0 Å². The molecule has 8 heteroatoms. The van der Waals surface area contributed by atoms with Crippen molar-refractivity contribution in [1.82, 2.24) is 14.9 Å². The molecule has 0 saturated carbocycles. The quantitative estimate of drug-likeness (QED) is 0.518. The Balaban J connectivity index is 1.84. The van der Waals surface area contributed by atoms with Crippen molar-refractivity contribution in [2.24, 2.45) is 0 Å². The highest BCUT2D eigenvalue weighted by Gasteiger charge is 2.17. The summed E-state index contributed by atoms with van der Waals surface area (Å²) < 4.78 is 5.57. The molecule has 0 fully saturated rings. The summed E-state index contributed by atoms with van der Waals surface area (Å²) in [4.78, 5) is 11.1. The minimum Gasteiger partial charge on any atom is -0.495 e. The molecule has 1 aliphatic heterocycles. The molecule has 1 aromatic heterocycles. The second-order valence-electron chi connectivity index (χ2n) is 7.14. The van der Waals surface area contributed by atoms with Crippen molar-refractivity contribution in [1.29, 1.82) is 5.41 Å². The van der Waals surface area contributed by atoms with Gasteiger partial charge in [0.15, 0.2) is 0 Å². The van der Waals surface area contributed by atoms with E-state index in [4.69, 9.17) is 10.1 Å². The van der Waals surface area contributed by atoms with Crippen molar-refractivity contribution < 1.29 is 9.84 Å². The first-order valence-electron chi connectivity index (χ1n) is 9.45. The average Bonchev–Trinajstić information content (AvgIpc) is 2.67. The zero-order chi connectivity index (χ0) is 20.1. The number of aliphatic hydroxyl groups is 1. The molecule has 150 valence electrons. The number of rotatable bonds is 8. The highest BCUT2D eigenvalue weighted by Crippen LogP contribution is 2.33. The molecule has 1 aliphatic rings. The van der Waals surface area contributed by atoms with E-state index in [9.17, 15) is 5.11 Å². The molecule has 2 aromatic rings. The average molecular weight is 384 g/mol. The fraction of sp³-hybridized carbons (Fsp3) is 0.450. The number of hydrogen-bond donors (Lipinski definition) is 4. The molecule has 2 heterocycles. The maximum Gasteiger partial charge on any atom is 0.229 e. The van der Waals surface area contributed by atoms with Crippen LogP contribution >= 0.6 is 0 Å². The molecule has 3 rings (SSSR count). The maximum absolute atomic E-state index is 9.43. The fourth-order valence-corrected chi connectivity index (χ4v) is 3.21. The van der Waals surface area contributed by atoms with Gasteiger partial charge in [0.1, 0.15) is 11.6 Å². The Morgan fingerprint density at radius 2 is 2.21 bits per heavy atom. The van der Waals surface area contributed by atoms with Crippen LogP contribution in [0.4, 0.5) is 17.5 Å². The van der Waals surface area contributed by atoms with Gasteiger partial charge < -0.3 is 30.8 Å². The van der Waals surface area contributed by atoms with Crippen molar-refractivity contribution >= 4 is 23.7 Å². The number of fused-ring (bicyclic) bond motifs is 1. The third-order valence-corrected chi connectivity index (χ3v) is 4.80. The molecule has 1 aromatic carbocycles. The van der Waals surface area contributed by atoms with Gasteiger partial charge in [-0.25, -0.2) is 4.98 Å². The van der Waals surface area contributed by atoms with Crippen molar-refractivity contribution in [3.05, 3.63) is 35.0 Å². The van der Waals surface area contributed by atoms with Gasteiger partial charge in [-0.1, -0.05) is 0 Å². The van der Waals surface area contributed by atoms with Gasteiger partial charge in [0.2, 0.25) is 5.95 Å². The standard InChI is InChI=1S/C20H28N6O2/c1-13(27)4-6-22-19-16(10-21)11-23-20(25-19)24-17-8-15-12-26(2)7-5-14(15)9-18(17)28-3/h8-11,13,21,27H,4-7,12H2,1-3H3,(H2,22,23,24,25). The zero-order valence-corrected chi connectivity index (χ0v) is 16.6. The second kappa shape index (κ2) is 8.99. The summed E-state index contributed by atoms with van der Waals surface area (Å²) in [5, 5.41) is 23.4. The Kier molecular flexibility index (Phi) is 6.43. The number of anilines is 3. The predicted molar refractivity (Wildman–Crippen MR) is 111 cm³/mol. The lowest BCUT2D eigenvalue weighted by Gasteiger charge is -2.26. The summed E-state index contributed by atoms with van der Waals surface area (Å²) in [6.45, 7) is 4.24. The van der Waals surface area contributed by atoms with Gasteiger partial charge in [-0.2, -0.15) is 4.98 Å². The molecule has 0 saturated heterocycles. The van der Waals surface area contributed by atoms with Gasteiger partial charge >= 0.3 is 0 Å². The summed E-state index contributed by atoms with van der Waals surface area (Å²) in [6.07, 6.45) is 4.02. The predicted octanol–water partition coefficient (Wildman–Crippen LogP) is 2.40. The molecular weight excluding hydrogens is 356 g/mol. The lowest BCUT2D eigenvalue weighted by molar-refractivity contribution is 0.188. The third kappa shape index (κ3) is 4.76. The van der Waals surface area contributed by atoms with E-state index in [0.717, 1.165) is 30.9 Å². The van der Waals surface area contributed by atoms with E-state index in [0.29, 0.717) is 30.3 Å². The van der Waals surface area contributed by atoms with Crippen LogP contribution in [-0.4, -0.2) is 59.5 Å². The van der Waals surface area contributed by atoms with Crippen LogP contribution in [0.1, 0.15) is 30.0 Å². The number of aliphatic hydroxyl groups excluding tert-OH is 1.